The lowest BCUT2D eigenvalue weighted by molar-refractivity contribution is 0.120. The highest BCUT2D eigenvalue weighted by Gasteiger charge is 2.48. The maximum Gasteiger partial charge on any atom is 0.231 e. The largest absolute Gasteiger partial charge is 0.339 e. The van der Waals surface area contributed by atoms with Crippen molar-refractivity contribution in [2.45, 2.75) is 50.1 Å². The van der Waals surface area contributed by atoms with E-state index in [0.717, 1.165) is 17.3 Å². The van der Waals surface area contributed by atoms with E-state index in [2.05, 4.69) is 34.2 Å². The molecular weight excluding hydrogens is 298 g/mol. The standard InChI is InChI=1S/C17H20ClN3O/c1-10-19-17(22-20-10)16-14(11-3-5-12(18)6-4-11)9-13-7-8-15(16)21(13)2/h3-6,13-16H,7-9H2,1-2H3/t13?,14-,15-,16-/m1/s1. The zero-order chi connectivity index (χ0) is 15.3. The van der Waals surface area contributed by atoms with E-state index in [1.54, 1.807) is 0 Å². The number of hydrogen-bond donors (Lipinski definition) is 0. The van der Waals surface area contributed by atoms with E-state index in [0.29, 0.717) is 23.8 Å². The van der Waals surface area contributed by atoms with Crippen LogP contribution in [0, 0.1) is 6.92 Å². The van der Waals surface area contributed by atoms with Crippen LogP contribution in [0.2, 0.25) is 5.02 Å². The van der Waals surface area contributed by atoms with Crippen LogP contribution in [0.5, 0.6) is 0 Å². The number of aryl methyl sites for hydroxylation is 1. The first-order valence-corrected chi connectivity index (χ1v) is 8.29. The van der Waals surface area contributed by atoms with Gasteiger partial charge in [-0.25, -0.2) is 0 Å². The van der Waals surface area contributed by atoms with Crippen LogP contribution >= 0.6 is 11.6 Å². The molecule has 4 nitrogen and oxygen atoms in total. The van der Waals surface area contributed by atoms with Crippen molar-refractivity contribution in [3.05, 3.63) is 46.6 Å². The minimum atomic E-state index is 0.270. The fourth-order valence-corrected chi connectivity index (χ4v) is 4.43. The average molecular weight is 318 g/mol. The first-order valence-electron chi connectivity index (χ1n) is 7.91. The van der Waals surface area contributed by atoms with Crippen LogP contribution in [0.4, 0.5) is 0 Å². The highest BCUT2D eigenvalue weighted by molar-refractivity contribution is 6.30. The number of hydrogen-bond acceptors (Lipinski definition) is 4. The Morgan fingerprint density at radius 2 is 2.00 bits per heavy atom. The summed E-state index contributed by atoms with van der Waals surface area (Å²) in [5, 5.41) is 4.80. The third-order valence-corrected chi connectivity index (χ3v) is 5.65. The first-order chi connectivity index (χ1) is 10.6. The lowest BCUT2D eigenvalue weighted by atomic mass is 9.76. The summed E-state index contributed by atoms with van der Waals surface area (Å²) in [6.45, 7) is 1.88. The Morgan fingerprint density at radius 3 is 2.68 bits per heavy atom. The van der Waals surface area contributed by atoms with Gasteiger partial charge in [0.05, 0.1) is 5.92 Å². The van der Waals surface area contributed by atoms with Gasteiger partial charge in [0.15, 0.2) is 5.82 Å². The van der Waals surface area contributed by atoms with Gasteiger partial charge in [0, 0.05) is 17.1 Å². The van der Waals surface area contributed by atoms with Crippen molar-refractivity contribution in [2.24, 2.45) is 0 Å². The van der Waals surface area contributed by atoms with Gasteiger partial charge in [-0.3, -0.25) is 4.90 Å². The lowest BCUT2D eigenvalue weighted by Gasteiger charge is -2.41. The van der Waals surface area contributed by atoms with Crippen LogP contribution in [0.15, 0.2) is 28.8 Å². The second-order valence-electron chi connectivity index (χ2n) is 6.56. The summed E-state index contributed by atoms with van der Waals surface area (Å²) in [6, 6.07) is 9.40. The summed E-state index contributed by atoms with van der Waals surface area (Å²) < 4.78 is 5.56. The summed E-state index contributed by atoms with van der Waals surface area (Å²) in [6.07, 6.45) is 3.60. The molecule has 2 aliphatic rings. The molecular formula is C17H20ClN3O. The number of halogens is 1. The maximum atomic E-state index is 6.05. The molecule has 5 heteroatoms. The molecule has 116 valence electrons. The Morgan fingerprint density at radius 1 is 1.23 bits per heavy atom. The van der Waals surface area contributed by atoms with E-state index in [-0.39, 0.29) is 5.92 Å². The number of nitrogens with zero attached hydrogens (tertiary/aromatic N) is 3. The summed E-state index contributed by atoms with van der Waals surface area (Å²) in [5.74, 6) is 2.19. The molecule has 4 rings (SSSR count). The van der Waals surface area contributed by atoms with Crippen molar-refractivity contribution in [1.82, 2.24) is 15.0 Å². The number of likely N-dealkylation sites (N-methyl/N-ethyl adjacent to an activating group) is 1. The van der Waals surface area contributed by atoms with E-state index in [4.69, 9.17) is 16.1 Å². The van der Waals surface area contributed by atoms with E-state index < -0.39 is 0 Å². The summed E-state index contributed by atoms with van der Waals surface area (Å²) in [5.41, 5.74) is 1.33. The van der Waals surface area contributed by atoms with Crippen LogP contribution in [0.1, 0.15) is 48.4 Å². The van der Waals surface area contributed by atoms with Gasteiger partial charge in [0.25, 0.3) is 0 Å². The Labute approximate surface area is 135 Å². The predicted octanol–water partition coefficient (Wildman–Crippen LogP) is 3.77. The van der Waals surface area contributed by atoms with Gasteiger partial charge >= 0.3 is 0 Å². The van der Waals surface area contributed by atoms with E-state index >= 15 is 0 Å². The van der Waals surface area contributed by atoms with Crippen LogP contribution in [-0.2, 0) is 0 Å². The third-order valence-electron chi connectivity index (χ3n) is 5.40. The van der Waals surface area contributed by atoms with Gasteiger partial charge in [-0.2, -0.15) is 4.98 Å². The number of aromatic nitrogens is 2. The molecule has 22 heavy (non-hydrogen) atoms. The SMILES string of the molecule is Cc1noc([C@@H]2[C@@H](c3ccc(Cl)cc3)CC3CC[C@H]2N3C)n1. The molecule has 2 aliphatic heterocycles. The van der Waals surface area contributed by atoms with Crippen molar-refractivity contribution in [2.75, 3.05) is 7.05 Å². The van der Waals surface area contributed by atoms with Gasteiger partial charge in [-0.1, -0.05) is 28.9 Å². The number of rotatable bonds is 2. The molecule has 0 radical (unpaired) electrons. The summed E-state index contributed by atoms with van der Waals surface area (Å²) >= 11 is 6.05. The van der Waals surface area contributed by atoms with E-state index in [9.17, 15) is 0 Å². The number of piperidine rings is 1. The van der Waals surface area contributed by atoms with Crippen molar-refractivity contribution in [3.63, 3.8) is 0 Å². The Hall–Kier alpha value is -1.39. The topological polar surface area (TPSA) is 42.2 Å². The Balaban J connectivity index is 1.76. The molecule has 2 aromatic rings. The molecule has 0 spiro atoms. The van der Waals surface area contributed by atoms with Crippen molar-refractivity contribution in [1.29, 1.82) is 0 Å². The van der Waals surface area contributed by atoms with Crippen molar-refractivity contribution in [3.8, 4) is 0 Å². The molecule has 0 aliphatic carbocycles. The van der Waals surface area contributed by atoms with Crippen LogP contribution in [0.25, 0.3) is 0 Å². The maximum absolute atomic E-state index is 6.05. The number of benzene rings is 1. The minimum Gasteiger partial charge on any atom is -0.339 e. The van der Waals surface area contributed by atoms with Crippen LogP contribution in [-0.4, -0.2) is 34.2 Å². The molecule has 3 heterocycles. The van der Waals surface area contributed by atoms with Gasteiger partial charge in [-0.15, -0.1) is 0 Å². The normalized spacial score (nSPS) is 31.6. The molecule has 0 N–H and O–H groups in total. The smallest absolute Gasteiger partial charge is 0.231 e. The molecule has 1 aromatic heterocycles. The zero-order valence-electron chi connectivity index (χ0n) is 12.9. The van der Waals surface area contributed by atoms with E-state index in [1.165, 1.54) is 18.4 Å². The van der Waals surface area contributed by atoms with Crippen molar-refractivity contribution < 1.29 is 4.52 Å². The van der Waals surface area contributed by atoms with Gasteiger partial charge in [-0.05, 0) is 56.8 Å². The third kappa shape index (κ3) is 2.25. The van der Waals surface area contributed by atoms with Crippen molar-refractivity contribution >= 4 is 11.6 Å². The minimum absolute atomic E-state index is 0.270. The molecule has 2 bridgehead atoms. The van der Waals surface area contributed by atoms with Gasteiger partial charge < -0.3 is 4.52 Å². The quantitative estimate of drug-likeness (QED) is 0.845. The van der Waals surface area contributed by atoms with Gasteiger partial charge in [0.1, 0.15) is 0 Å². The fraction of sp³-hybridized carbons (Fsp3) is 0.529. The Kier molecular flexibility index (Phi) is 3.46. The molecule has 2 saturated heterocycles. The molecule has 0 saturated carbocycles. The monoisotopic (exact) mass is 317 g/mol. The molecule has 2 fully saturated rings. The highest BCUT2D eigenvalue weighted by Crippen LogP contribution is 2.50. The Bertz CT molecular complexity index is 669. The second-order valence-corrected chi connectivity index (χ2v) is 7.00. The van der Waals surface area contributed by atoms with E-state index in [1.807, 2.05) is 19.1 Å². The molecule has 1 unspecified atom stereocenters. The molecule has 1 aromatic carbocycles. The average Bonchev–Trinajstić information content (AvgIpc) is 3.02. The first kappa shape index (κ1) is 14.2. The predicted molar refractivity (Wildman–Crippen MR) is 85.2 cm³/mol. The zero-order valence-corrected chi connectivity index (χ0v) is 13.6. The van der Waals surface area contributed by atoms with Crippen LogP contribution in [0.3, 0.4) is 0 Å². The van der Waals surface area contributed by atoms with Gasteiger partial charge in [0.2, 0.25) is 5.89 Å². The highest BCUT2D eigenvalue weighted by atomic mass is 35.5. The summed E-state index contributed by atoms with van der Waals surface area (Å²) in [4.78, 5) is 7.06. The molecule has 4 atom stereocenters. The lowest BCUT2D eigenvalue weighted by Crippen LogP contribution is -2.44. The van der Waals surface area contributed by atoms with Crippen LogP contribution < -0.4 is 0 Å². The fourth-order valence-electron chi connectivity index (χ4n) is 4.30. The second kappa shape index (κ2) is 5.36. The number of fused-ring (bicyclic) bond motifs is 2. The summed E-state index contributed by atoms with van der Waals surface area (Å²) in [7, 11) is 2.23. The molecule has 0 amide bonds.